The molecule has 2 atom stereocenters. The van der Waals surface area contributed by atoms with Crippen LogP contribution in [0.15, 0.2) is 30.5 Å². The number of pyridine rings is 1. The van der Waals surface area contributed by atoms with Crippen molar-refractivity contribution in [2.45, 2.75) is 51.2 Å². The smallest absolute Gasteiger partial charge is 0.223 e. The van der Waals surface area contributed by atoms with Crippen LogP contribution in [0.3, 0.4) is 0 Å². The zero-order chi connectivity index (χ0) is 21.3. The molecule has 1 aromatic carbocycles. The quantitative estimate of drug-likeness (QED) is 0.755. The van der Waals surface area contributed by atoms with Crippen LogP contribution < -0.4 is 10.2 Å². The lowest BCUT2D eigenvalue weighted by Gasteiger charge is -2.40. The molecule has 2 N–H and O–H groups in total. The van der Waals surface area contributed by atoms with Gasteiger partial charge in [-0.3, -0.25) is 9.78 Å². The van der Waals surface area contributed by atoms with Crippen LogP contribution in [-0.2, 0) is 4.79 Å². The number of likely N-dealkylation sites (tertiary alicyclic amines) is 1. The van der Waals surface area contributed by atoms with E-state index in [-0.39, 0.29) is 30.8 Å². The number of amides is 1. The average Bonchev–Trinajstić information content (AvgIpc) is 2.70. The van der Waals surface area contributed by atoms with Gasteiger partial charge >= 0.3 is 0 Å². The van der Waals surface area contributed by atoms with Gasteiger partial charge in [-0.2, -0.15) is 0 Å². The van der Waals surface area contributed by atoms with Crippen molar-refractivity contribution in [1.82, 2.24) is 15.2 Å². The highest BCUT2D eigenvalue weighted by Crippen LogP contribution is 2.31. The van der Waals surface area contributed by atoms with Gasteiger partial charge in [0, 0.05) is 49.5 Å². The molecule has 0 unspecified atom stereocenters. The normalized spacial score (nSPS) is 23.9. The summed E-state index contributed by atoms with van der Waals surface area (Å²) in [6.07, 6.45) is 4.32. The molecule has 0 aliphatic carbocycles. The fraction of sp³-hybridized carbons (Fsp3) is 0.583. The molecule has 31 heavy (non-hydrogen) atoms. The molecule has 2 fully saturated rings. The Bertz CT molecular complexity index is 914. The third-order valence-corrected chi connectivity index (χ3v) is 6.72. The summed E-state index contributed by atoms with van der Waals surface area (Å²) in [6.45, 7) is 7.76. The molecule has 2 aliphatic heterocycles. The third kappa shape index (κ3) is 5.48. The minimum Gasteiger partial charge on any atom is -0.389 e. The first-order valence-electron chi connectivity index (χ1n) is 11.1. The van der Waals surface area contributed by atoms with E-state index in [2.05, 4.69) is 59.2 Å². The second-order valence-electron chi connectivity index (χ2n) is 9.52. The van der Waals surface area contributed by atoms with Gasteiger partial charge in [0.1, 0.15) is 0 Å². The molecule has 3 heterocycles. The number of piperidine rings is 2. The van der Waals surface area contributed by atoms with E-state index >= 15 is 0 Å². The Labute approximate surface area is 191 Å². The van der Waals surface area contributed by atoms with Crippen LogP contribution in [0.5, 0.6) is 0 Å². The number of hydrogen-bond acceptors (Lipinski definition) is 5. The number of aryl methyl sites for hydroxylation is 1. The Hall–Kier alpha value is -1.89. The Morgan fingerprint density at radius 1 is 1.26 bits per heavy atom. The van der Waals surface area contributed by atoms with E-state index in [1.54, 1.807) is 0 Å². The highest BCUT2D eigenvalue weighted by Gasteiger charge is 2.35. The molecule has 2 saturated heterocycles. The minimum atomic E-state index is -0.866. The Kier molecular flexibility index (Phi) is 7.45. The number of nitrogens with zero attached hydrogens (tertiary/aromatic N) is 3. The number of fused-ring (bicyclic) bond motifs is 1. The predicted octanol–water partition coefficient (Wildman–Crippen LogP) is 3.14. The molecule has 0 saturated carbocycles. The van der Waals surface area contributed by atoms with Gasteiger partial charge < -0.3 is 20.2 Å². The number of hydrogen-bond donors (Lipinski definition) is 2. The molecule has 4 rings (SSSR count). The number of carbonyl (C=O) groups excluding carboxylic acids is 1. The lowest BCUT2D eigenvalue weighted by atomic mass is 9.87. The molecule has 1 aromatic heterocycles. The van der Waals surface area contributed by atoms with E-state index in [1.807, 2.05) is 12.3 Å². The van der Waals surface area contributed by atoms with Crippen molar-refractivity contribution in [3.8, 4) is 0 Å². The molecule has 2 aromatic rings. The Morgan fingerprint density at radius 3 is 2.74 bits per heavy atom. The monoisotopic (exact) mass is 446 g/mol. The minimum absolute atomic E-state index is 0. The summed E-state index contributed by atoms with van der Waals surface area (Å²) in [5, 5.41) is 15.2. The van der Waals surface area contributed by atoms with Crippen LogP contribution in [0.4, 0.5) is 5.69 Å². The summed E-state index contributed by atoms with van der Waals surface area (Å²) in [7, 11) is 2.06. The topological polar surface area (TPSA) is 68.7 Å². The van der Waals surface area contributed by atoms with Gasteiger partial charge in [-0.05, 0) is 62.9 Å². The maximum absolute atomic E-state index is 12.8. The van der Waals surface area contributed by atoms with Crippen LogP contribution in [-0.4, -0.2) is 65.8 Å². The number of rotatable bonds is 4. The van der Waals surface area contributed by atoms with Crippen molar-refractivity contribution in [3.05, 3.63) is 36.0 Å². The van der Waals surface area contributed by atoms with Gasteiger partial charge in [0.25, 0.3) is 0 Å². The van der Waals surface area contributed by atoms with Crippen LogP contribution in [0.25, 0.3) is 10.9 Å². The highest BCUT2D eigenvalue weighted by atomic mass is 35.5. The summed E-state index contributed by atoms with van der Waals surface area (Å²) < 4.78 is 0. The van der Waals surface area contributed by atoms with Gasteiger partial charge in [-0.1, -0.05) is 13.0 Å². The van der Waals surface area contributed by atoms with Crippen molar-refractivity contribution in [1.29, 1.82) is 0 Å². The number of aliphatic hydroxyl groups is 1. The first-order chi connectivity index (χ1) is 14.3. The van der Waals surface area contributed by atoms with Crippen molar-refractivity contribution >= 4 is 34.9 Å². The first-order valence-corrected chi connectivity index (χ1v) is 11.1. The molecule has 170 valence electrons. The van der Waals surface area contributed by atoms with Crippen LogP contribution in [0, 0.1) is 12.8 Å². The van der Waals surface area contributed by atoms with Gasteiger partial charge in [0.15, 0.2) is 0 Å². The van der Waals surface area contributed by atoms with E-state index in [4.69, 9.17) is 0 Å². The fourth-order valence-electron chi connectivity index (χ4n) is 5.02. The van der Waals surface area contributed by atoms with Gasteiger partial charge in [-0.25, -0.2) is 0 Å². The Morgan fingerprint density at radius 2 is 2.00 bits per heavy atom. The molecule has 1 amide bonds. The zero-order valence-electron chi connectivity index (χ0n) is 18.8. The van der Waals surface area contributed by atoms with Crippen molar-refractivity contribution in [2.75, 3.05) is 38.1 Å². The molecule has 0 bridgehead atoms. The van der Waals surface area contributed by atoms with Crippen LogP contribution in [0.1, 0.15) is 38.2 Å². The number of aromatic nitrogens is 1. The summed E-state index contributed by atoms with van der Waals surface area (Å²) in [6, 6.07) is 8.52. The zero-order valence-corrected chi connectivity index (χ0v) is 19.6. The SMILES string of the molecule is Cc1ccc(N2C[C@@H](C)C[C@@H](NC(=O)CC3(O)CCN(C)CC3)C2)c2cccnc12.Cl. The van der Waals surface area contributed by atoms with Crippen LogP contribution in [0.2, 0.25) is 0 Å². The number of benzene rings is 1. The van der Waals surface area contributed by atoms with Crippen molar-refractivity contribution < 1.29 is 9.90 Å². The summed E-state index contributed by atoms with van der Waals surface area (Å²) in [4.78, 5) is 21.9. The largest absolute Gasteiger partial charge is 0.389 e. The maximum atomic E-state index is 12.8. The lowest BCUT2D eigenvalue weighted by molar-refractivity contribution is -0.128. The molecular weight excluding hydrogens is 412 g/mol. The molecular formula is C24H35ClN4O2. The van der Waals surface area contributed by atoms with Crippen molar-refractivity contribution in [3.63, 3.8) is 0 Å². The molecule has 0 spiro atoms. The van der Waals surface area contributed by atoms with Gasteiger partial charge in [0.05, 0.1) is 17.5 Å². The summed E-state index contributed by atoms with van der Waals surface area (Å²) in [5.74, 6) is 0.444. The van der Waals surface area contributed by atoms with E-state index in [0.717, 1.165) is 43.5 Å². The second-order valence-corrected chi connectivity index (χ2v) is 9.52. The van der Waals surface area contributed by atoms with E-state index < -0.39 is 5.60 Å². The molecule has 2 aliphatic rings. The number of halogens is 1. The summed E-state index contributed by atoms with van der Waals surface area (Å²) >= 11 is 0. The highest BCUT2D eigenvalue weighted by molar-refractivity contribution is 5.93. The van der Waals surface area contributed by atoms with Crippen molar-refractivity contribution in [2.24, 2.45) is 5.92 Å². The fourth-order valence-corrected chi connectivity index (χ4v) is 5.02. The predicted molar refractivity (Wildman–Crippen MR) is 128 cm³/mol. The average molecular weight is 447 g/mol. The molecule has 0 radical (unpaired) electrons. The molecule has 7 heteroatoms. The second kappa shape index (κ2) is 9.72. The first kappa shape index (κ1) is 23.8. The molecule has 6 nitrogen and oxygen atoms in total. The number of anilines is 1. The van der Waals surface area contributed by atoms with Gasteiger partial charge in [0.2, 0.25) is 5.91 Å². The van der Waals surface area contributed by atoms with E-state index in [0.29, 0.717) is 18.8 Å². The van der Waals surface area contributed by atoms with E-state index in [1.165, 1.54) is 11.3 Å². The standard InChI is InChI=1S/C24H34N4O2.ClH/c1-17-13-19(26-22(29)14-24(30)8-11-27(3)12-9-24)16-28(15-17)21-7-6-18(2)23-20(21)5-4-10-25-23;/h4-7,10,17,19,30H,8-9,11-16H2,1-3H3,(H,26,29);1H/t17-,19+;/m0./s1. The lowest BCUT2D eigenvalue weighted by Crippen LogP contribution is -2.52. The maximum Gasteiger partial charge on any atom is 0.223 e. The third-order valence-electron chi connectivity index (χ3n) is 6.72. The van der Waals surface area contributed by atoms with Crippen LogP contribution >= 0.6 is 12.4 Å². The Balaban J connectivity index is 0.00000272. The van der Waals surface area contributed by atoms with E-state index in [9.17, 15) is 9.90 Å². The van der Waals surface area contributed by atoms with Gasteiger partial charge in [-0.15, -0.1) is 12.4 Å². The summed E-state index contributed by atoms with van der Waals surface area (Å²) in [5.41, 5.74) is 2.53. The number of nitrogens with one attached hydrogen (secondary N) is 1. The number of carbonyl (C=O) groups is 1.